The summed E-state index contributed by atoms with van der Waals surface area (Å²) in [6.45, 7) is 8.76. The van der Waals surface area contributed by atoms with Gasteiger partial charge >= 0.3 is 6.09 Å². The largest absolute Gasteiger partial charge is 0.444 e. The molecule has 5 nitrogen and oxygen atoms in total. The molecule has 2 N–H and O–H groups in total. The summed E-state index contributed by atoms with van der Waals surface area (Å²) in [5.74, 6) is 0. The van der Waals surface area contributed by atoms with E-state index in [2.05, 4.69) is 12.2 Å². The van der Waals surface area contributed by atoms with E-state index in [4.69, 9.17) is 4.74 Å². The molecule has 1 saturated carbocycles. The van der Waals surface area contributed by atoms with Gasteiger partial charge in [0, 0.05) is 24.7 Å². The highest BCUT2D eigenvalue weighted by molar-refractivity contribution is 5.68. The van der Waals surface area contributed by atoms with Gasteiger partial charge in [0.2, 0.25) is 0 Å². The lowest BCUT2D eigenvalue weighted by Crippen LogP contribution is -2.45. The van der Waals surface area contributed by atoms with E-state index in [9.17, 15) is 9.90 Å². The summed E-state index contributed by atoms with van der Waals surface area (Å²) in [6.07, 6.45) is 6.71. The maximum Gasteiger partial charge on any atom is 0.410 e. The molecule has 0 radical (unpaired) electrons. The Bertz CT molecular complexity index is 386. The van der Waals surface area contributed by atoms with Crippen molar-refractivity contribution in [3.8, 4) is 0 Å². The highest BCUT2D eigenvalue weighted by Crippen LogP contribution is 2.25. The standard InChI is InChI=1S/C18H34N2O3/c1-13(19-14-7-9-16(21)10-8-14)12-15-6-5-11-20(15)17(22)23-18(2,3)4/h13-16,19,21H,5-12H2,1-4H3/t13-,14?,15+,16?/m0/s1. The third-order valence-electron chi connectivity index (χ3n) is 4.85. The van der Waals surface area contributed by atoms with E-state index < -0.39 is 5.60 Å². The summed E-state index contributed by atoms with van der Waals surface area (Å²) < 4.78 is 5.53. The molecule has 5 heteroatoms. The second-order valence-corrected chi connectivity index (χ2v) is 8.28. The molecule has 0 unspecified atom stereocenters. The Hall–Kier alpha value is -0.810. The van der Waals surface area contributed by atoms with Crippen molar-refractivity contribution < 1.29 is 14.6 Å². The van der Waals surface area contributed by atoms with E-state index in [1.54, 1.807) is 0 Å². The predicted octanol–water partition coefficient (Wildman–Crippen LogP) is 3.06. The lowest BCUT2D eigenvalue weighted by atomic mass is 9.92. The average molecular weight is 326 g/mol. The molecular formula is C18H34N2O3. The highest BCUT2D eigenvalue weighted by Gasteiger charge is 2.33. The van der Waals surface area contributed by atoms with E-state index in [-0.39, 0.29) is 18.2 Å². The van der Waals surface area contributed by atoms with Gasteiger partial charge in [0.1, 0.15) is 5.60 Å². The van der Waals surface area contributed by atoms with E-state index in [0.717, 1.165) is 51.5 Å². The molecule has 1 amide bonds. The monoisotopic (exact) mass is 326 g/mol. The number of aliphatic hydroxyl groups excluding tert-OH is 1. The normalized spacial score (nSPS) is 30.3. The first-order chi connectivity index (χ1) is 10.7. The minimum Gasteiger partial charge on any atom is -0.444 e. The maximum atomic E-state index is 12.3. The van der Waals surface area contributed by atoms with Crippen molar-refractivity contribution in [3.05, 3.63) is 0 Å². The molecule has 0 spiro atoms. The minimum atomic E-state index is -0.434. The van der Waals surface area contributed by atoms with Gasteiger partial charge < -0.3 is 20.1 Å². The smallest absolute Gasteiger partial charge is 0.410 e. The number of nitrogens with zero attached hydrogens (tertiary/aromatic N) is 1. The Balaban J connectivity index is 1.79. The highest BCUT2D eigenvalue weighted by atomic mass is 16.6. The van der Waals surface area contributed by atoms with Crippen LogP contribution in [0.4, 0.5) is 4.79 Å². The molecule has 1 aliphatic heterocycles. The molecule has 0 aromatic rings. The summed E-state index contributed by atoms with van der Waals surface area (Å²) in [4.78, 5) is 14.2. The topological polar surface area (TPSA) is 61.8 Å². The molecule has 2 fully saturated rings. The number of carbonyl (C=O) groups excluding carboxylic acids is 1. The second-order valence-electron chi connectivity index (χ2n) is 8.28. The number of likely N-dealkylation sites (tertiary alicyclic amines) is 1. The molecule has 0 aromatic heterocycles. The summed E-state index contributed by atoms with van der Waals surface area (Å²) in [5, 5.41) is 13.3. The summed E-state index contributed by atoms with van der Waals surface area (Å²) >= 11 is 0. The predicted molar refractivity (Wildman–Crippen MR) is 91.4 cm³/mol. The Kier molecular flexibility index (Phi) is 6.32. The zero-order chi connectivity index (χ0) is 17.0. The van der Waals surface area contributed by atoms with E-state index in [1.807, 2.05) is 25.7 Å². The Morgan fingerprint density at radius 1 is 1.26 bits per heavy atom. The lowest BCUT2D eigenvalue weighted by Gasteiger charge is -2.32. The van der Waals surface area contributed by atoms with Gasteiger partial charge in [0.15, 0.2) is 0 Å². The van der Waals surface area contributed by atoms with Gasteiger partial charge in [-0.1, -0.05) is 0 Å². The number of hydrogen-bond donors (Lipinski definition) is 2. The maximum absolute atomic E-state index is 12.3. The average Bonchev–Trinajstić information content (AvgIpc) is 2.87. The number of amides is 1. The number of nitrogens with one attached hydrogen (secondary N) is 1. The first-order valence-corrected chi connectivity index (χ1v) is 9.18. The third kappa shape index (κ3) is 5.96. The summed E-state index contributed by atoms with van der Waals surface area (Å²) in [7, 11) is 0. The van der Waals surface area contributed by atoms with E-state index >= 15 is 0 Å². The van der Waals surface area contributed by atoms with Gasteiger partial charge in [-0.2, -0.15) is 0 Å². The quantitative estimate of drug-likeness (QED) is 0.833. The Labute approximate surface area is 140 Å². The van der Waals surface area contributed by atoms with Crippen molar-refractivity contribution in [2.45, 2.75) is 102 Å². The molecule has 1 heterocycles. The van der Waals surface area contributed by atoms with Crippen LogP contribution in [0.3, 0.4) is 0 Å². The van der Waals surface area contributed by atoms with Gasteiger partial charge in [-0.3, -0.25) is 0 Å². The zero-order valence-corrected chi connectivity index (χ0v) is 15.2. The third-order valence-corrected chi connectivity index (χ3v) is 4.85. The fourth-order valence-corrected chi connectivity index (χ4v) is 3.76. The van der Waals surface area contributed by atoms with Gasteiger partial charge in [0.05, 0.1) is 6.10 Å². The van der Waals surface area contributed by atoms with Gasteiger partial charge in [0.25, 0.3) is 0 Å². The molecule has 0 bridgehead atoms. The number of aliphatic hydroxyl groups is 1. The van der Waals surface area contributed by atoms with Crippen LogP contribution in [0.2, 0.25) is 0 Å². The first kappa shape index (κ1) is 18.5. The molecule has 0 aromatic carbocycles. The van der Waals surface area contributed by atoms with Crippen molar-refractivity contribution in [3.63, 3.8) is 0 Å². The van der Waals surface area contributed by atoms with Crippen LogP contribution in [0.15, 0.2) is 0 Å². The molecule has 2 atom stereocenters. The van der Waals surface area contributed by atoms with Crippen LogP contribution in [0.5, 0.6) is 0 Å². The van der Waals surface area contributed by atoms with Crippen LogP contribution < -0.4 is 5.32 Å². The van der Waals surface area contributed by atoms with Crippen molar-refractivity contribution in [2.75, 3.05) is 6.54 Å². The van der Waals surface area contributed by atoms with Crippen molar-refractivity contribution in [2.24, 2.45) is 0 Å². The van der Waals surface area contributed by atoms with Crippen molar-refractivity contribution >= 4 is 6.09 Å². The first-order valence-electron chi connectivity index (χ1n) is 9.18. The van der Waals surface area contributed by atoms with Crippen molar-refractivity contribution in [1.29, 1.82) is 0 Å². The molecular weight excluding hydrogens is 292 g/mol. The number of ether oxygens (including phenoxy) is 1. The SMILES string of the molecule is C[C@@H](C[C@H]1CCCN1C(=O)OC(C)(C)C)NC1CCC(O)CC1. The van der Waals surface area contributed by atoms with E-state index in [0.29, 0.717) is 12.1 Å². The van der Waals surface area contributed by atoms with Crippen LogP contribution in [0.25, 0.3) is 0 Å². The lowest BCUT2D eigenvalue weighted by molar-refractivity contribution is 0.0212. The van der Waals surface area contributed by atoms with E-state index in [1.165, 1.54) is 0 Å². The van der Waals surface area contributed by atoms with Crippen LogP contribution in [-0.4, -0.2) is 52.5 Å². The summed E-state index contributed by atoms with van der Waals surface area (Å²) in [6, 6.07) is 1.16. The second kappa shape index (κ2) is 7.84. The summed E-state index contributed by atoms with van der Waals surface area (Å²) in [5.41, 5.74) is -0.434. The van der Waals surface area contributed by atoms with Gasteiger partial charge in [-0.15, -0.1) is 0 Å². The van der Waals surface area contributed by atoms with Crippen LogP contribution in [-0.2, 0) is 4.74 Å². The molecule has 1 saturated heterocycles. The zero-order valence-electron chi connectivity index (χ0n) is 15.2. The fourth-order valence-electron chi connectivity index (χ4n) is 3.76. The number of hydrogen-bond acceptors (Lipinski definition) is 4. The molecule has 1 aliphatic carbocycles. The molecule has 2 aliphatic rings. The van der Waals surface area contributed by atoms with Crippen molar-refractivity contribution in [1.82, 2.24) is 10.2 Å². The van der Waals surface area contributed by atoms with Crippen LogP contribution >= 0.6 is 0 Å². The molecule has 23 heavy (non-hydrogen) atoms. The molecule has 134 valence electrons. The Morgan fingerprint density at radius 3 is 2.52 bits per heavy atom. The minimum absolute atomic E-state index is 0.110. The van der Waals surface area contributed by atoms with Crippen LogP contribution in [0, 0.1) is 0 Å². The van der Waals surface area contributed by atoms with Gasteiger partial charge in [-0.05, 0) is 72.6 Å². The van der Waals surface area contributed by atoms with Crippen LogP contribution in [0.1, 0.15) is 72.6 Å². The Morgan fingerprint density at radius 2 is 1.91 bits per heavy atom. The number of rotatable bonds is 4. The fraction of sp³-hybridized carbons (Fsp3) is 0.944. The number of carbonyl (C=O) groups is 1. The molecule has 2 rings (SSSR count). The van der Waals surface area contributed by atoms with Gasteiger partial charge in [-0.25, -0.2) is 4.79 Å².